The number of nitrogens with zero attached hydrogens (tertiary/aromatic N) is 1. The van der Waals surface area contributed by atoms with Gasteiger partial charge >= 0.3 is 6.09 Å². The summed E-state index contributed by atoms with van der Waals surface area (Å²) in [5, 5.41) is 30.0. The number of rotatable bonds is 15. The second-order valence-corrected chi connectivity index (χ2v) is 13.2. The minimum atomic E-state index is -0.806. The predicted molar refractivity (Wildman–Crippen MR) is 205 cm³/mol. The number of benzene rings is 4. The standard InChI is InChI=1S/C38H44ClN5O6S/c1-49-36-22-32(30(39)20-27(36)23-40-24-35(46)26-12-13-34(45)33(21-26)43-51-2)41-37(47)16-19-44-17-14-28(15-18-44)50-38(48)42-31-11-7-6-10-29(31)25-8-4-3-5-9-25/h3-13,20-22,28,35,40,43,45-46H,14-19,23-24H2,1-2H3,(H,41,47)(H,42,48). The van der Waals surface area contributed by atoms with Crippen LogP contribution in [0.25, 0.3) is 11.1 Å². The van der Waals surface area contributed by atoms with Crippen molar-refractivity contribution < 1.29 is 29.3 Å². The smallest absolute Gasteiger partial charge is 0.411 e. The van der Waals surface area contributed by atoms with Crippen LogP contribution >= 0.6 is 23.5 Å². The number of methoxy groups -OCH3 is 1. The number of amides is 2. The Morgan fingerprint density at radius 3 is 2.45 bits per heavy atom. The van der Waals surface area contributed by atoms with Crippen LogP contribution in [-0.4, -0.2) is 72.8 Å². The van der Waals surface area contributed by atoms with Crippen molar-refractivity contribution in [2.24, 2.45) is 0 Å². The SMILES string of the molecule is COc1cc(NC(=O)CCN2CCC(OC(=O)Nc3ccccc3-c3ccccc3)CC2)c(Cl)cc1CNCC(O)c1ccc(O)c(NSC)c1. The minimum Gasteiger partial charge on any atom is -0.506 e. The molecule has 13 heteroatoms. The molecule has 0 bridgehead atoms. The summed E-state index contributed by atoms with van der Waals surface area (Å²) >= 11 is 7.91. The molecule has 2 amide bonds. The number of ether oxygens (including phenoxy) is 2. The van der Waals surface area contributed by atoms with Crippen LogP contribution in [0.3, 0.4) is 0 Å². The van der Waals surface area contributed by atoms with E-state index in [1.165, 1.54) is 11.9 Å². The van der Waals surface area contributed by atoms with E-state index in [4.69, 9.17) is 21.1 Å². The number of hydrogen-bond donors (Lipinski definition) is 6. The number of piperidine rings is 1. The number of nitrogens with one attached hydrogen (secondary N) is 4. The Kier molecular flexibility index (Phi) is 13.8. The number of aliphatic hydroxyl groups excluding tert-OH is 1. The maximum atomic E-state index is 12.9. The highest BCUT2D eigenvalue weighted by Crippen LogP contribution is 2.32. The zero-order valence-electron chi connectivity index (χ0n) is 28.7. The van der Waals surface area contributed by atoms with E-state index in [1.54, 1.807) is 37.4 Å². The molecule has 1 saturated heterocycles. The van der Waals surface area contributed by atoms with Crippen molar-refractivity contribution in [1.82, 2.24) is 10.2 Å². The summed E-state index contributed by atoms with van der Waals surface area (Å²) in [6.07, 6.45) is 1.98. The predicted octanol–water partition coefficient (Wildman–Crippen LogP) is 7.28. The molecular weight excluding hydrogens is 690 g/mol. The molecule has 0 spiro atoms. The van der Waals surface area contributed by atoms with Crippen molar-refractivity contribution >= 4 is 52.6 Å². The highest BCUT2D eigenvalue weighted by molar-refractivity contribution is 7.99. The minimum absolute atomic E-state index is 0.107. The maximum absolute atomic E-state index is 12.9. The van der Waals surface area contributed by atoms with Crippen LogP contribution in [0, 0.1) is 0 Å². The van der Waals surface area contributed by atoms with Gasteiger partial charge in [0.2, 0.25) is 5.91 Å². The Balaban J connectivity index is 1.04. The third kappa shape index (κ3) is 10.8. The van der Waals surface area contributed by atoms with Crippen molar-refractivity contribution in [1.29, 1.82) is 0 Å². The lowest BCUT2D eigenvalue weighted by atomic mass is 10.0. The number of aliphatic hydroxyl groups is 1. The number of carbonyl (C=O) groups excluding carboxylic acids is 2. The van der Waals surface area contributed by atoms with Crippen LogP contribution in [0.2, 0.25) is 5.02 Å². The van der Waals surface area contributed by atoms with E-state index in [0.717, 1.165) is 16.7 Å². The first kappa shape index (κ1) is 37.8. The first-order valence-corrected chi connectivity index (χ1v) is 18.4. The van der Waals surface area contributed by atoms with Crippen LogP contribution in [0.5, 0.6) is 11.5 Å². The molecule has 6 N–H and O–H groups in total. The molecule has 5 rings (SSSR count). The molecule has 0 aliphatic carbocycles. The zero-order valence-corrected chi connectivity index (χ0v) is 30.2. The normalized spacial score (nSPS) is 14.0. The molecule has 1 fully saturated rings. The summed E-state index contributed by atoms with van der Waals surface area (Å²) in [4.78, 5) is 27.8. The van der Waals surface area contributed by atoms with Gasteiger partial charge in [0.15, 0.2) is 0 Å². The number of likely N-dealkylation sites (tertiary alicyclic amines) is 1. The fourth-order valence-electron chi connectivity index (χ4n) is 5.91. The lowest BCUT2D eigenvalue weighted by Crippen LogP contribution is -2.39. The van der Waals surface area contributed by atoms with Gasteiger partial charge in [-0.15, -0.1) is 0 Å². The summed E-state index contributed by atoms with van der Waals surface area (Å²) in [5.41, 5.74) is 5.03. The van der Waals surface area contributed by atoms with Gasteiger partial charge in [-0.2, -0.15) is 0 Å². The van der Waals surface area contributed by atoms with Gasteiger partial charge in [0, 0.05) is 62.6 Å². The number of aromatic hydroxyl groups is 1. The molecule has 1 aliphatic heterocycles. The third-order valence-corrected chi connectivity index (χ3v) is 9.36. The molecular formula is C38H44ClN5O6S. The third-order valence-electron chi connectivity index (χ3n) is 8.63. The van der Waals surface area contributed by atoms with Crippen molar-refractivity contribution in [2.75, 3.05) is 54.9 Å². The number of anilines is 3. The van der Waals surface area contributed by atoms with E-state index >= 15 is 0 Å². The summed E-state index contributed by atoms with van der Waals surface area (Å²) in [6, 6.07) is 25.9. The van der Waals surface area contributed by atoms with E-state index in [2.05, 4.69) is 25.6 Å². The molecule has 0 radical (unpaired) electrons. The lowest BCUT2D eigenvalue weighted by molar-refractivity contribution is -0.116. The van der Waals surface area contributed by atoms with Crippen LogP contribution in [-0.2, 0) is 16.1 Å². The maximum Gasteiger partial charge on any atom is 0.411 e. The fraction of sp³-hybridized carbons (Fsp3) is 0.316. The van der Waals surface area contributed by atoms with Gasteiger partial charge in [-0.25, -0.2) is 4.79 Å². The number of phenolic OH excluding ortho intramolecular Hbond substituents is 1. The Morgan fingerprint density at radius 1 is 0.961 bits per heavy atom. The van der Waals surface area contributed by atoms with Crippen LogP contribution in [0.4, 0.5) is 21.9 Å². The fourth-order valence-corrected chi connectivity index (χ4v) is 6.52. The van der Waals surface area contributed by atoms with Crippen LogP contribution < -0.4 is 25.4 Å². The zero-order chi connectivity index (χ0) is 36.2. The van der Waals surface area contributed by atoms with Gasteiger partial charge in [0.05, 0.1) is 35.3 Å². The average molecular weight is 734 g/mol. The molecule has 51 heavy (non-hydrogen) atoms. The average Bonchev–Trinajstić information content (AvgIpc) is 3.14. The highest BCUT2D eigenvalue weighted by atomic mass is 35.5. The highest BCUT2D eigenvalue weighted by Gasteiger charge is 2.23. The lowest BCUT2D eigenvalue weighted by Gasteiger charge is -2.31. The van der Waals surface area contributed by atoms with Crippen LogP contribution in [0.15, 0.2) is 84.9 Å². The summed E-state index contributed by atoms with van der Waals surface area (Å²) < 4.78 is 14.3. The number of phenols is 1. The van der Waals surface area contributed by atoms with Gasteiger partial charge < -0.3 is 39.9 Å². The summed E-state index contributed by atoms with van der Waals surface area (Å²) in [7, 11) is 1.55. The molecule has 270 valence electrons. The first-order valence-electron chi connectivity index (χ1n) is 16.8. The van der Waals surface area contributed by atoms with Crippen molar-refractivity contribution in [3.63, 3.8) is 0 Å². The van der Waals surface area contributed by atoms with Crippen molar-refractivity contribution in [3.05, 3.63) is 101 Å². The Hall–Kier alpha value is -4.46. The number of carbonyl (C=O) groups is 2. The van der Waals surface area contributed by atoms with E-state index in [1.807, 2.05) is 60.9 Å². The quantitative estimate of drug-likeness (QED) is 0.0545. The topological polar surface area (TPSA) is 144 Å². The van der Waals surface area contributed by atoms with Crippen molar-refractivity contribution in [3.8, 4) is 22.6 Å². The number of para-hydroxylation sites is 1. The summed E-state index contributed by atoms with van der Waals surface area (Å²) in [6.45, 7) is 2.59. The Morgan fingerprint density at radius 2 is 1.71 bits per heavy atom. The Labute approximate surface area is 307 Å². The molecule has 1 aliphatic rings. The largest absolute Gasteiger partial charge is 0.506 e. The monoisotopic (exact) mass is 733 g/mol. The van der Waals surface area contributed by atoms with Gasteiger partial charge in [0.25, 0.3) is 0 Å². The van der Waals surface area contributed by atoms with Gasteiger partial charge in [-0.3, -0.25) is 10.1 Å². The molecule has 1 heterocycles. The van der Waals surface area contributed by atoms with Gasteiger partial charge in [-0.05, 0) is 48.2 Å². The first-order chi connectivity index (χ1) is 24.7. The van der Waals surface area contributed by atoms with Crippen molar-refractivity contribution in [2.45, 2.75) is 38.0 Å². The number of hydrogen-bond acceptors (Lipinski definition) is 10. The molecule has 4 aromatic rings. The summed E-state index contributed by atoms with van der Waals surface area (Å²) in [5.74, 6) is 0.477. The van der Waals surface area contributed by atoms with Gasteiger partial charge in [-0.1, -0.05) is 78.1 Å². The van der Waals surface area contributed by atoms with E-state index in [9.17, 15) is 19.8 Å². The van der Waals surface area contributed by atoms with E-state index in [-0.39, 0.29) is 30.7 Å². The molecule has 0 aromatic heterocycles. The molecule has 11 nitrogen and oxygen atoms in total. The second-order valence-electron chi connectivity index (χ2n) is 12.2. The van der Waals surface area contributed by atoms with E-state index < -0.39 is 12.2 Å². The van der Waals surface area contributed by atoms with Crippen LogP contribution in [0.1, 0.15) is 36.5 Å². The van der Waals surface area contributed by atoms with E-state index in [0.29, 0.717) is 72.4 Å². The number of halogens is 1. The van der Waals surface area contributed by atoms with Gasteiger partial charge in [0.1, 0.15) is 17.6 Å². The molecule has 1 atom stereocenters. The molecule has 1 unspecified atom stereocenters. The molecule has 0 saturated carbocycles. The molecule has 4 aromatic carbocycles. The second kappa shape index (κ2) is 18.7. The Bertz CT molecular complexity index is 1770.